The third-order valence-corrected chi connectivity index (χ3v) is 4.97. The second-order valence-electron chi connectivity index (χ2n) is 6.72. The van der Waals surface area contributed by atoms with E-state index >= 15 is 0 Å². The number of carbonyl (C=O) groups is 2. The van der Waals surface area contributed by atoms with Gasteiger partial charge in [0, 0.05) is 26.1 Å². The van der Waals surface area contributed by atoms with Gasteiger partial charge in [-0.2, -0.15) is 0 Å². The molecule has 1 atom stereocenters. The Hall–Kier alpha value is -1.10. The van der Waals surface area contributed by atoms with Gasteiger partial charge in [0.2, 0.25) is 11.8 Å². The predicted molar refractivity (Wildman–Crippen MR) is 74.1 cm³/mol. The van der Waals surface area contributed by atoms with E-state index in [9.17, 15) is 9.59 Å². The van der Waals surface area contributed by atoms with Crippen LogP contribution in [0.3, 0.4) is 0 Å². The van der Waals surface area contributed by atoms with Crippen LogP contribution in [0.1, 0.15) is 51.9 Å². The van der Waals surface area contributed by atoms with Gasteiger partial charge in [-0.1, -0.05) is 12.8 Å². The van der Waals surface area contributed by atoms with Crippen molar-refractivity contribution in [1.82, 2.24) is 10.2 Å². The molecule has 2 saturated heterocycles. The van der Waals surface area contributed by atoms with Crippen molar-refractivity contribution in [3.63, 3.8) is 0 Å². The zero-order valence-electron chi connectivity index (χ0n) is 12.2. The van der Waals surface area contributed by atoms with Gasteiger partial charge < -0.3 is 15.0 Å². The lowest BCUT2D eigenvalue weighted by Crippen LogP contribution is -2.57. The van der Waals surface area contributed by atoms with E-state index in [-0.39, 0.29) is 17.4 Å². The van der Waals surface area contributed by atoms with Gasteiger partial charge in [-0.3, -0.25) is 9.59 Å². The summed E-state index contributed by atoms with van der Waals surface area (Å²) in [5.41, 5.74) is -0.856. The van der Waals surface area contributed by atoms with E-state index in [1.54, 1.807) is 0 Å². The summed E-state index contributed by atoms with van der Waals surface area (Å²) in [4.78, 5) is 26.7. The maximum Gasteiger partial charge on any atom is 0.248 e. The van der Waals surface area contributed by atoms with Crippen LogP contribution < -0.4 is 5.32 Å². The molecule has 3 aliphatic rings. The molecule has 2 amide bonds. The van der Waals surface area contributed by atoms with Gasteiger partial charge in [0.25, 0.3) is 0 Å². The molecule has 0 radical (unpaired) electrons. The van der Waals surface area contributed by atoms with E-state index in [0.29, 0.717) is 19.5 Å². The highest BCUT2D eigenvalue weighted by Crippen LogP contribution is 2.34. The fourth-order valence-electron chi connectivity index (χ4n) is 3.86. The summed E-state index contributed by atoms with van der Waals surface area (Å²) >= 11 is 0. The Balaban J connectivity index is 1.79. The van der Waals surface area contributed by atoms with Crippen LogP contribution in [0.25, 0.3) is 0 Å². The average Bonchev–Trinajstić information content (AvgIpc) is 3.02. The molecule has 1 spiro atoms. The lowest BCUT2D eigenvalue weighted by atomic mass is 9.94. The molecule has 0 aromatic carbocycles. The number of rotatable bonds is 2. The van der Waals surface area contributed by atoms with Crippen LogP contribution in [0.4, 0.5) is 0 Å². The van der Waals surface area contributed by atoms with Crippen LogP contribution >= 0.6 is 0 Å². The number of hydrogen-bond acceptors (Lipinski definition) is 3. The first-order valence-electron chi connectivity index (χ1n) is 7.77. The van der Waals surface area contributed by atoms with Crippen LogP contribution in [0.2, 0.25) is 0 Å². The molecule has 1 saturated carbocycles. The minimum atomic E-state index is -0.622. The summed E-state index contributed by atoms with van der Waals surface area (Å²) in [6.45, 7) is 3.99. The van der Waals surface area contributed by atoms with Crippen LogP contribution in [0, 0.1) is 0 Å². The molecule has 112 valence electrons. The SMILES string of the molecule is CC1(CN2CCC(=O)NC3(CCCC3)C2=O)CCCO1. The summed E-state index contributed by atoms with van der Waals surface area (Å²) < 4.78 is 5.81. The molecular weight excluding hydrogens is 256 g/mol. The van der Waals surface area contributed by atoms with Gasteiger partial charge in [0.1, 0.15) is 5.54 Å². The maximum absolute atomic E-state index is 12.9. The van der Waals surface area contributed by atoms with Gasteiger partial charge in [-0.05, 0) is 32.6 Å². The van der Waals surface area contributed by atoms with E-state index in [1.165, 1.54) is 0 Å². The number of nitrogens with zero attached hydrogens (tertiary/aromatic N) is 1. The first-order chi connectivity index (χ1) is 9.53. The monoisotopic (exact) mass is 280 g/mol. The lowest BCUT2D eigenvalue weighted by Gasteiger charge is -2.36. The van der Waals surface area contributed by atoms with Crippen LogP contribution in [0.5, 0.6) is 0 Å². The third kappa shape index (κ3) is 2.43. The highest BCUT2D eigenvalue weighted by atomic mass is 16.5. The molecule has 2 aliphatic heterocycles. The summed E-state index contributed by atoms with van der Waals surface area (Å²) in [5, 5.41) is 3.00. The topological polar surface area (TPSA) is 58.6 Å². The minimum Gasteiger partial charge on any atom is -0.373 e. The van der Waals surface area contributed by atoms with Crippen LogP contribution in [-0.2, 0) is 14.3 Å². The molecule has 1 N–H and O–H groups in total. The molecule has 0 aromatic heterocycles. The highest BCUT2D eigenvalue weighted by Gasteiger charge is 2.47. The Morgan fingerprint density at radius 2 is 1.95 bits per heavy atom. The summed E-state index contributed by atoms with van der Waals surface area (Å²) in [6.07, 6.45) is 6.06. The van der Waals surface area contributed by atoms with Crippen LogP contribution in [-0.4, -0.2) is 47.6 Å². The summed E-state index contributed by atoms with van der Waals surface area (Å²) in [5.74, 6) is 0.123. The molecule has 5 heteroatoms. The molecule has 1 aliphatic carbocycles. The van der Waals surface area contributed by atoms with E-state index in [1.807, 2.05) is 4.90 Å². The first-order valence-corrected chi connectivity index (χ1v) is 7.77. The molecule has 20 heavy (non-hydrogen) atoms. The first kappa shape index (κ1) is 13.9. The average molecular weight is 280 g/mol. The van der Waals surface area contributed by atoms with Crippen LogP contribution in [0.15, 0.2) is 0 Å². The number of hydrogen-bond donors (Lipinski definition) is 1. The largest absolute Gasteiger partial charge is 0.373 e. The van der Waals surface area contributed by atoms with Crippen molar-refractivity contribution in [2.45, 2.75) is 63.0 Å². The molecule has 0 aromatic rings. The third-order valence-electron chi connectivity index (χ3n) is 4.97. The van der Waals surface area contributed by atoms with Crippen molar-refractivity contribution in [3.05, 3.63) is 0 Å². The van der Waals surface area contributed by atoms with Crippen molar-refractivity contribution in [3.8, 4) is 0 Å². The van der Waals surface area contributed by atoms with E-state index in [0.717, 1.165) is 45.1 Å². The highest BCUT2D eigenvalue weighted by molar-refractivity contribution is 5.93. The maximum atomic E-state index is 12.9. The van der Waals surface area contributed by atoms with E-state index in [4.69, 9.17) is 4.74 Å². The standard InChI is InChI=1S/C15H24N2O3/c1-14(6-4-10-20-14)11-17-9-5-12(18)16-15(13(17)19)7-2-3-8-15/h2-11H2,1H3,(H,16,18). The number of nitrogens with one attached hydrogen (secondary N) is 1. The molecule has 0 bridgehead atoms. The second-order valence-corrected chi connectivity index (χ2v) is 6.72. The second kappa shape index (κ2) is 5.02. The Morgan fingerprint density at radius 1 is 1.20 bits per heavy atom. The van der Waals surface area contributed by atoms with Gasteiger partial charge >= 0.3 is 0 Å². The number of ether oxygens (including phenoxy) is 1. The molecular formula is C15H24N2O3. The Kier molecular flexibility index (Phi) is 3.48. The van der Waals surface area contributed by atoms with Gasteiger partial charge in [0.15, 0.2) is 0 Å². The molecule has 3 rings (SSSR count). The van der Waals surface area contributed by atoms with Gasteiger partial charge in [-0.25, -0.2) is 0 Å². The quantitative estimate of drug-likeness (QED) is 0.827. The van der Waals surface area contributed by atoms with Gasteiger partial charge in [0.05, 0.1) is 5.60 Å². The van der Waals surface area contributed by atoms with Crippen molar-refractivity contribution < 1.29 is 14.3 Å². The summed E-state index contributed by atoms with van der Waals surface area (Å²) in [6, 6.07) is 0. The Morgan fingerprint density at radius 3 is 2.60 bits per heavy atom. The minimum absolute atomic E-state index is 0.0141. The molecule has 1 unspecified atom stereocenters. The van der Waals surface area contributed by atoms with E-state index in [2.05, 4.69) is 12.2 Å². The predicted octanol–water partition coefficient (Wildman–Crippen LogP) is 1.22. The molecule has 2 heterocycles. The van der Waals surface area contributed by atoms with Gasteiger partial charge in [-0.15, -0.1) is 0 Å². The number of amides is 2. The van der Waals surface area contributed by atoms with Crippen molar-refractivity contribution in [2.75, 3.05) is 19.7 Å². The Labute approximate surface area is 120 Å². The molecule has 3 fully saturated rings. The zero-order chi connectivity index (χ0) is 14.2. The lowest BCUT2D eigenvalue weighted by molar-refractivity contribution is -0.141. The summed E-state index contributed by atoms with van der Waals surface area (Å²) in [7, 11) is 0. The zero-order valence-corrected chi connectivity index (χ0v) is 12.2. The number of carbonyl (C=O) groups excluding carboxylic acids is 2. The normalized spacial score (nSPS) is 33.5. The van der Waals surface area contributed by atoms with E-state index < -0.39 is 5.54 Å². The Bertz CT molecular complexity index is 409. The van der Waals surface area contributed by atoms with Crippen molar-refractivity contribution in [1.29, 1.82) is 0 Å². The van der Waals surface area contributed by atoms with Crippen molar-refractivity contribution >= 4 is 11.8 Å². The molecule has 5 nitrogen and oxygen atoms in total. The fourth-order valence-corrected chi connectivity index (χ4v) is 3.86. The van der Waals surface area contributed by atoms with Crippen molar-refractivity contribution in [2.24, 2.45) is 0 Å². The smallest absolute Gasteiger partial charge is 0.248 e. The fraction of sp³-hybridized carbons (Fsp3) is 0.867.